The van der Waals surface area contributed by atoms with Crippen molar-refractivity contribution in [3.05, 3.63) is 147 Å². The van der Waals surface area contributed by atoms with Crippen molar-refractivity contribution in [2.24, 2.45) is 4.99 Å². The highest BCUT2D eigenvalue weighted by molar-refractivity contribution is 7.91. The number of benzene rings is 4. The molecular weight excluding hydrogens is 601 g/mol. The Balaban J connectivity index is 1.75. The van der Waals surface area contributed by atoms with Crippen LogP contribution in [0.1, 0.15) is 16.7 Å². The van der Waals surface area contributed by atoms with Crippen LogP contribution < -0.4 is 11.4 Å². The van der Waals surface area contributed by atoms with Crippen molar-refractivity contribution in [1.82, 2.24) is 14.1 Å². The Hall–Kier alpha value is -4.94. The largest absolute Gasteiger partial charge is 0.359 e. The lowest BCUT2D eigenvalue weighted by atomic mass is 10.1. The minimum absolute atomic E-state index is 0.0126. The van der Waals surface area contributed by atoms with Crippen LogP contribution in [0.25, 0.3) is 11.4 Å². The molecule has 0 aliphatic carbocycles. The molecule has 0 atom stereocenters. The summed E-state index contributed by atoms with van der Waals surface area (Å²) in [4.78, 5) is 36.3. The molecule has 4 aromatic carbocycles. The molecule has 1 heterocycles. The quantitative estimate of drug-likeness (QED) is 0.188. The number of aliphatic imine (C=N–C) groups is 1. The van der Waals surface area contributed by atoms with Crippen LogP contribution >= 0.6 is 0 Å². The Morgan fingerprint density at radius 2 is 1.18 bits per heavy atom. The van der Waals surface area contributed by atoms with E-state index >= 15 is 0 Å². The molecule has 224 valence electrons. The van der Waals surface area contributed by atoms with Gasteiger partial charge in [0.05, 0.1) is 9.79 Å². The molecule has 5 aromatic rings. The number of hydrogen-bond acceptors (Lipinski definition) is 8. The van der Waals surface area contributed by atoms with Gasteiger partial charge in [-0.05, 0) is 38.1 Å². The van der Waals surface area contributed by atoms with Crippen LogP contribution in [0.3, 0.4) is 0 Å². The van der Waals surface area contributed by atoms with Crippen molar-refractivity contribution >= 4 is 25.5 Å². The first kappa shape index (κ1) is 30.5. The van der Waals surface area contributed by atoms with E-state index in [1.807, 2.05) is 13.8 Å². The normalized spacial score (nSPS) is 12.3. The van der Waals surface area contributed by atoms with E-state index < -0.39 is 42.8 Å². The fourth-order valence-electron chi connectivity index (χ4n) is 4.43. The van der Waals surface area contributed by atoms with Gasteiger partial charge in [0.15, 0.2) is 25.5 Å². The smallest absolute Gasteiger partial charge is 0.261 e. The molecule has 0 saturated heterocycles. The van der Waals surface area contributed by atoms with Gasteiger partial charge in [-0.3, -0.25) is 9.56 Å². The fraction of sp³-hybridized carbons (Fsp3) is 0.125. The summed E-state index contributed by atoms with van der Waals surface area (Å²) in [5.74, 6) is -2.06. The summed E-state index contributed by atoms with van der Waals surface area (Å²) in [6.45, 7) is 3.70. The lowest BCUT2D eigenvalue weighted by molar-refractivity contribution is 0.576. The Kier molecular flexibility index (Phi) is 8.56. The summed E-state index contributed by atoms with van der Waals surface area (Å²) in [5, 5.41) is 0. The van der Waals surface area contributed by atoms with Crippen molar-refractivity contribution in [1.29, 1.82) is 0 Å². The summed E-state index contributed by atoms with van der Waals surface area (Å²) in [7, 11) is -8.06. The number of aromatic nitrogens is 3. The zero-order chi connectivity index (χ0) is 31.5. The molecule has 0 unspecified atom stereocenters. The van der Waals surface area contributed by atoms with Gasteiger partial charge in [-0.1, -0.05) is 96.1 Å². The summed E-state index contributed by atoms with van der Waals surface area (Å²) in [5.41, 5.74) is 0.297. The van der Waals surface area contributed by atoms with Crippen LogP contribution in [0.2, 0.25) is 0 Å². The highest BCUT2D eigenvalue weighted by Gasteiger charge is 2.25. The maximum Gasteiger partial charge on any atom is 0.359 e. The molecule has 0 bridgehead atoms. The van der Waals surface area contributed by atoms with Crippen LogP contribution in [-0.4, -0.2) is 42.7 Å². The van der Waals surface area contributed by atoms with Crippen LogP contribution in [-0.2, 0) is 25.6 Å². The second-order valence-corrected chi connectivity index (χ2v) is 14.0. The average Bonchev–Trinajstić information content (AvgIpc) is 3.02. The van der Waals surface area contributed by atoms with Crippen molar-refractivity contribution in [2.45, 2.75) is 29.5 Å². The Bertz CT molecular complexity index is 2170. The lowest BCUT2D eigenvalue weighted by Crippen LogP contribution is -2.47. The number of sulfone groups is 2. The zero-order valence-corrected chi connectivity index (χ0v) is 25.5. The Labute approximate surface area is 254 Å². The Morgan fingerprint density at radius 3 is 1.73 bits per heavy atom. The van der Waals surface area contributed by atoms with Gasteiger partial charge in [0.2, 0.25) is 0 Å². The molecule has 44 heavy (non-hydrogen) atoms. The van der Waals surface area contributed by atoms with E-state index in [4.69, 9.17) is 0 Å². The van der Waals surface area contributed by atoms with Crippen LogP contribution in [0, 0.1) is 13.8 Å². The minimum Gasteiger partial charge on any atom is -0.261 e. The molecule has 0 fully saturated rings. The zero-order valence-electron chi connectivity index (χ0n) is 23.9. The highest BCUT2D eigenvalue weighted by atomic mass is 32.2. The van der Waals surface area contributed by atoms with Gasteiger partial charge in [-0.15, -0.1) is 0 Å². The monoisotopic (exact) mass is 628 g/mol. The van der Waals surface area contributed by atoms with Crippen molar-refractivity contribution in [3.8, 4) is 11.4 Å². The predicted molar refractivity (Wildman–Crippen MR) is 168 cm³/mol. The fourth-order valence-corrected chi connectivity index (χ4v) is 6.74. The van der Waals surface area contributed by atoms with Gasteiger partial charge in [0, 0.05) is 11.1 Å². The topological polar surface area (TPSA) is 138 Å². The predicted octanol–water partition coefficient (Wildman–Crippen LogP) is 3.85. The molecule has 5 rings (SSSR count). The van der Waals surface area contributed by atoms with Gasteiger partial charge in [0.1, 0.15) is 17.6 Å². The summed E-state index contributed by atoms with van der Waals surface area (Å²) >= 11 is 0. The van der Waals surface area contributed by atoms with E-state index in [0.29, 0.717) is 10.1 Å². The molecule has 0 spiro atoms. The SMILES string of the molecule is Cc1ccc(C(=NCS(=O)(=O)c2ccccc2)n2c(=O)nc(-c3ccc(C)cc3)n(CS(=O)(=O)c3ccccc3)c2=O)cc1. The third kappa shape index (κ3) is 6.51. The molecule has 10 nitrogen and oxygen atoms in total. The molecule has 0 aliphatic heterocycles. The molecule has 0 saturated carbocycles. The number of hydrogen-bond donors (Lipinski definition) is 0. The van der Waals surface area contributed by atoms with Crippen molar-refractivity contribution in [2.75, 3.05) is 5.88 Å². The van der Waals surface area contributed by atoms with Gasteiger partial charge < -0.3 is 0 Å². The first-order valence-corrected chi connectivity index (χ1v) is 16.8. The van der Waals surface area contributed by atoms with Gasteiger partial charge in [-0.2, -0.15) is 9.55 Å². The van der Waals surface area contributed by atoms with E-state index in [2.05, 4.69) is 9.98 Å². The van der Waals surface area contributed by atoms with Crippen LogP contribution in [0.4, 0.5) is 0 Å². The number of aryl methyl sites for hydroxylation is 2. The van der Waals surface area contributed by atoms with E-state index in [-0.39, 0.29) is 27.0 Å². The van der Waals surface area contributed by atoms with Crippen molar-refractivity contribution in [3.63, 3.8) is 0 Å². The second kappa shape index (κ2) is 12.3. The second-order valence-electron chi connectivity index (χ2n) is 10.1. The summed E-state index contributed by atoms with van der Waals surface area (Å²) < 4.78 is 54.8. The molecule has 0 amide bonds. The summed E-state index contributed by atoms with van der Waals surface area (Å²) in [6, 6.07) is 28.6. The Morgan fingerprint density at radius 1 is 0.682 bits per heavy atom. The highest BCUT2D eigenvalue weighted by Crippen LogP contribution is 2.19. The maximum absolute atomic E-state index is 14.2. The first-order chi connectivity index (χ1) is 21.0. The van der Waals surface area contributed by atoms with Gasteiger partial charge >= 0.3 is 11.4 Å². The maximum atomic E-state index is 14.2. The third-order valence-corrected chi connectivity index (χ3v) is 9.84. The molecule has 12 heteroatoms. The van der Waals surface area contributed by atoms with Crippen LogP contribution in [0.5, 0.6) is 0 Å². The average molecular weight is 629 g/mol. The number of nitrogens with zero attached hydrogens (tertiary/aromatic N) is 4. The lowest BCUT2D eigenvalue weighted by Gasteiger charge is -2.16. The number of rotatable bonds is 8. The van der Waals surface area contributed by atoms with Gasteiger partial charge in [-0.25, -0.2) is 26.4 Å². The molecule has 0 N–H and O–H groups in total. The third-order valence-electron chi connectivity index (χ3n) is 6.79. The molecule has 0 aliphatic rings. The molecular formula is C32H28N4O6S2. The molecule has 0 radical (unpaired) electrons. The van der Waals surface area contributed by atoms with E-state index in [1.54, 1.807) is 84.9 Å². The van der Waals surface area contributed by atoms with Crippen LogP contribution in [0.15, 0.2) is 134 Å². The first-order valence-electron chi connectivity index (χ1n) is 13.4. The van der Waals surface area contributed by atoms with Crippen molar-refractivity contribution < 1.29 is 16.8 Å². The standard InChI is InChI=1S/C32H28N4O6S2/c1-23-13-17-25(18-14-23)29(33-21-43(39,40)27-9-5-3-6-10-27)36-31(37)34-30(26-19-15-24(2)16-20-26)35(32(36)38)22-44(41,42)28-11-7-4-8-12-28/h3-20H,21-22H2,1-2H3. The minimum atomic E-state index is -4.10. The van der Waals surface area contributed by atoms with E-state index in [1.165, 1.54) is 24.3 Å². The van der Waals surface area contributed by atoms with E-state index in [0.717, 1.165) is 15.7 Å². The van der Waals surface area contributed by atoms with Gasteiger partial charge in [0.25, 0.3) is 0 Å². The van der Waals surface area contributed by atoms with E-state index in [9.17, 15) is 26.4 Å². The summed E-state index contributed by atoms with van der Waals surface area (Å²) in [6.07, 6.45) is 0. The molecule has 1 aromatic heterocycles.